The van der Waals surface area contributed by atoms with Gasteiger partial charge in [-0.2, -0.15) is 0 Å². The minimum absolute atomic E-state index is 0.447. The first-order valence-corrected chi connectivity index (χ1v) is 21.7. The number of benzene rings is 12. The molecule has 12 aromatic carbocycles. The second-order valence-electron chi connectivity index (χ2n) is 17.1. The highest BCUT2D eigenvalue weighted by atomic mass is 15.1. The Balaban J connectivity index is 1.08. The summed E-state index contributed by atoms with van der Waals surface area (Å²) in [7, 11) is 0. The molecule has 0 aliphatic heterocycles. The van der Waals surface area contributed by atoms with Crippen LogP contribution in [0.3, 0.4) is 0 Å². The van der Waals surface area contributed by atoms with Crippen molar-refractivity contribution >= 4 is 81.7 Å². The van der Waals surface area contributed by atoms with E-state index < -0.39 is 5.41 Å². The van der Waals surface area contributed by atoms with Gasteiger partial charge in [-0.1, -0.05) is 188 Å². The third kappa shape index (κ3) is 4.37. The largest absolute Gasteiger partial charge is 0.310 e. The number of hydrogen-bond acceptors (Lipinski definition) is 1. The van der Waals surface area contributed by atoms with Gasteiger partial charge in [0.1, 0.15) is 0 Å². The molecule has 0 bridgehead atoms. The van der Waals surface area contributed by atoms with Gasteiger partial charge in [0.05, 0.1) is 5.41 Å². The summed E-state index contributed by atoms with van der Waals surface area (Å²) in [4.78, 5) is 2.51. The molecule has 12 aromatic rings. The van der Waals surface area contributed by atoms with E-state index in [4.69, 9.17) is 0 Å². The van der Waals surface area contributed by atoms with Crippen LogP contribution in [0, 0.1) is 0 Å². The van der Waals surface area contributed by atoms with Gasteiger partial charge >= 0.3 is 0 Å². The van der Waals surface area contributed by atoms with Crippen molar-refractivity contribution in [2.75, 3.05) is 4.90 Å². The quantitative estimate of drug-likeness (QED) is 0.161. The normalized spacial score (nSPS) is 13.3. The Kier molecular flexibility index (Phi) is 6.82. The smallest absolute Gasteiger partial charge is 0.0726 e. The SMILES string of the molecule is c1ccc2c(c1)-c1ccccc1C21c2ccccc2-c2ccc(N(c3ccc4c5ccccc5c5ccccc5c4c3)c3ccc4c5ccccc5c5ccccc5c4c3)cc21. The molecule has 0 heterocycles. The van der Waals surface area contributed by atoms with E-state index in [0.29, 0.717) is 0 Å². The molecule has 0 aromatic heterocycles. The first-order valence-electron chi connectivity index (χ1n) is 21.7. The van der Waals surface area contributed by atoms with E-state index in [1.54, 1.807) is 0 Å². The maximum absolute atomic E-state index is 2.51. The third-order valence-electron chi connectivity index (χ3n) is 14.2. The zero-order valence-electron chi connectivity index (χ0n) is 33.8. The molecule has 0 saturated heterocycles. The molecule has 286 valence electrons. The molecule has 1 nitrogen and oxygen atoms in total. The summed E-state index contributed by atoms with van der Waals surface area (Å²) in [6.45, 7) is 0. The lowest BCUT2D eigenvalue weighted by atomic mass is 9.70. The lowest BCUT2D eigenvalue weighted by Crippen LogP contribution is -2.26. The van der Waals surface area contributed by atoms with Gasteiger partial charge in [-0.3, -0.25) is 0 Å². The fraction of sp³-hybridized carbons (Fsp3) is 0.0164. The average Bonchev–Trinajstić information content (AvgIpc) is 3.81. The van der Waals surface area contributed by atoms with E-state index >= 15 is 0 Å². The van der Waals surface area contributed by atoms with E-state index in [2.05, 4.69) is 229 Å². The van der Waals surface area contributed by atoms with Gasteiger partial charge in [0.25, 0.3) is 0 Å². The summed E-state index contributed by atoms with van der Waals surface area (Å²) in [5.41, 5.74) is 13.5. The minimum Gasteiger partial charge on any atom is -0.310 e. The zero-order chi connectivity index (χ0) is 40.5. The van der Waals surface area contributed by atoms with Gasteiger partial charge in [0.2, 0.25) is 0 Å². The fourth-order valence-corrected chi connectivity index (χ4v) is 11.7. The maximum atomic E-state index is 2.51. The summed E-state index contributed by atoms with van der Waals surface area (Å²) in [5, 5.41) is 15.2. The van der Waals surface area contributed by atoms with Gasteiger partial charge < -0.3 is 4.90 Å². The maximum Gasteiger partial charge on any atom is 0.0726 e. The highest BCUT2D eigenvalue weighted by Crippen LogP contribution is 2.63. The van der Waals surface area contributed by atoms with Crippen molar-refractivity contribution in [1.29, 1.82) is 0 Å². The summed E-state index contributed by atoms with van der Waals surface area (Å²) in [5.74, 6) is 0. The van der Waals surface area contributed by atoms with Crippen LogP contribution in [0.15, 0.2) is 224 Å². The van der Waals surface area contributed by atoms with E-state index in [-0.39, 0.29) is 0 Å². The Bertz CT molecular complexity index is 3600. The molecule has 0 atom stereocenters. The van der Waals surface area contributed by atoms with E-state index in [9.17, 15) is 0 Å². The van der Waals surface area contributed by atoms with Crippen molar-refractivity contribution in [2.24, 2.45) is 0 Å². The first-order chi connectivity index (χ1) is 30.8. The molecular formula is C61H37N. The lowest BCUT2D eigenvalue weighted by molar-refractivity contribution is 0.793. The molecule has 0 unspecified atom stereocenters. The standard InChI is InChI=1S/C61H37N/c1-3-19-45-41(15-1)43-17-5-7-21-47(43)55-35-38(29-32-49(45)55)62(39-30-33-50-46-20-4-2-16-42(46)44-18-6-8-22-48(44)56(50)36-39)40-31-34-54-53-25-11-14-28-59(53)61(60(54)37-40)57-26-12-9-23-51(57)52-24-10-13-27-58(52)61/h1-37H. The van der Waals surface area contributed by atoms with Crippen LogP contribution in [0.4, 0.5) is 17.1 Å². The zero-order valence-corrected chi connectivity index (χ0v) is 33.8. The molecule has 0 radical (unpaired) electrons. The molecule has 1 spiro atoms. The van der Waals surface area contributed by atoms with Crippen molar-refractivity contribution in [3.63, 3.8) is 0 Å². The van der Waals surface area contributed by atoms with Gasteiger partial charge in [0, 0.05) is 17.1 Å². The average molecular weight is 784 g/mol. The summed E-state index contributed by atoms with van der Waals surface area (Å²) >= 11 is 0. The van der Waals surface area contributed by atoms with Crippen molar-refractivity contribution in [3.05, 3.63) is 247 Å². The van der Waals surface area contributed by atoms with Gasteiger partial charge in [0.15, 0.2) is 0 Å². The molecule has 2 aliphatic rings. The molecular weight excluding hydrogens is 747 g/mol. The predicted molar refractivity (Wildman–Crippen MR) is 262 cm³/mol. The van der Waals surface area contributed by atoms with Crippen molar-refractivity contribution in [3.8, 4) is 22.3 Å². The van der Waals surface area contributed by atoms with Gasteiger partial charge in [-0.25, -0.2) is 0 Å². The summed E-state index contributed by atoms with van der Waals surface area (Å²) in [6, 6.07) is 84.3. The minimum atomic E-state index is -0.447. The van der Waals surface area contributed by atoms with Gasteiger partial charge in [-0.05, 0) is 146 Å². The molecule has 0 N–H and O–H groups in total. The molecule has 0 saturated carbocycles. The Hall–Kier alpha value is -8.00. The van der Waals surface area contributed by atoms with Crippen LogP contribution in [0.2, 0.25) is 0 Å². The van der Waals surface area contributed by atoms with Gasteiger partial charge in [-0.15, -0.1) is 0 Å². The van der Waals surface area contributed by atoms with Crippen molar-refractivity contribution in [1.82, 2.24) is 0 Å². The van der Waals surface area contributed by atoms with Crippen LogP contribution < -0.4 is 4.90 Å². The fourth-order valence-electron chi connectivity index (χ4n) is 11.7. The lowest BCUT2D eigenvalue weighted by Gasteiger charge is -2.32. The highest BCUT2D eigenvalue weighted by Gasteiger charge is 2.51. The van der Waals surface area contributed by atoms with Crippen LogP contribution in [0.5, 0.6) is 0 Å². The van der Waals surface area contributed by atoms with E-state index in [1.165, 1.54) is 109 Å². The highest BCUT2D eigenvalue weighted by molar-refractivity contribution is 6.27. The number of fused-ring (bicyclic) bond motifs is 22. The molecule has 2 aliphatic carbocycles. The summed E-state index contributed by atoms with van der Waals surface area (Å²) in [6.07, 6.45) is 0. The third-order valence-corrected chi connectivity index (χ3v) is 14.2. The Morgan fingerprint density at radius 3 is 0.871 bits per heavy atom. The first kappa shape index (κ1) is 33.8. The number of hydrogen-bond donors (Lipinski definition) is 0. The molecule has 0 amide bonds. The van der Waals surface area contributed by atoms with Crippen LogP contribution in [-0.4, -0.2) is 0 Å². The Morgan fingerprint density at radius 1 is 0.210 bits per heavy atom. The van der Waals surface area contributed by atoms with Crippen molar-refractivity contribution < 1.29 is 0 Å². The summed E-state index contributed by atoms with van der Waals surface area (Å²) < 4.78 is 0. The van der Waals surface area contributed by atoms with Crippen LogP contribution in [0.25, 0.3) is 86.9 Å². The van der Waals surface area contributed by atoms with Crippen LogP contribution >= 0.6 is 0 Å². The second-order valence-corrected chi connectivity index (χ2v) is 17.1. The topological polar surface area (TPSA) is 3.24 Å². The Morgan fingerprint density at radius 2 is 0.484 bits per heavy atom. The van der Waals surface area contributed by atoms with E-state index in [0.717, 1.165) is 17.1 Å². The molecule has 1 heteroatoms. The van der Waals surface area contributed by atoms with E-state index in [1.807, 2.05) is 0 Å². The van der Waals surface area contributed by atoms with Crippen molar-refractivity contribution in [2.45, 2.75) is 5.41 Å². The molecule has 0 fully saturated rings. The Labute approximate surface area is 359 Å². The number of anilines is 3. The molecule has 62 heavy (non-hydrogen) atoms. The predicted octanol–water partition coefficient (Wildman–Crippen LogP) is 16.4. The monoisotopic (exact) mass is 783 g/mol. The van der Waals surface area contributed by atoms with Crippen LogP contribution in [-0.2, 0) is 5.41 Å². The second kappa shape index (κ2) is 12.5. The van der Waals surface area contributed by atoms with Crippen LogP contribution in [0.1, 0.15) is 22.3 Å². The molecule has 14 rings (SSSR count). The number of rotatable bonds is 3. The number of nitrogens with zero attached hydrogens (tertiary/aromatic N) is 1.